The van der Waals surface area contributed by atoms with Crippen LogP contribution in [0.1, 0.15) is 18.9 Å². The van der Waals surface area contributed by atoms with Crippen LogP contribution in [-0.4, -0.2) is 48.9 Å². The second kappa shape index (κ2) is 7.48. The van der Waals surface area contributed by atoms with Gasteiger partial charge in [0.05, 0.1) is 6.61 Å². The Morgan fingerprint density at radius 2 is 2.26 bits per heavy atom. The molecule has 0 amide bonds. The molecule has 0 saturated carbocycles. The van der Waals surface area contributed by atoms with E-state index in [1.54, 1.807) is 0 Å². The van der Waals surface area contributed by atoms with Crippen molar-refractivity contribution in [2.75, 3.05) is 32.8 Å². The zero-order valence-corrected chi connectivity index (χ0v) is 11.6. The highest BCUT2D eigenvalue weighted by atomic mass is 16.5. The molecule has 0 radical (unpaired) electrons. The summed E-state index contributed by atoms with van der Waals surface area (Å²) in [4.78, 5) is 2.34. The van der Waals surface area contributed by atoms with Crippen molar-refractivity contribution in [3.63, 3.8) is 0 Å². The van der Waals surface area contributed by atoms with Gasteiger partial charge < -0.3 is 15.2 Å². The zero-order chi connectivity index (χ0) is 13.5. The highest BCUT2D eigenvalue weighted by Gasteiger charge is 2.18. The van der Waals surface area contributed by atoms with Crippen LogP contribution in [-0.2, 0) is 6.54 Å². The monoisotopic (exact) mass is 264 g/mol. The molecule has 0 saturated heterocycles. The van der Waals surface area contributed by atoms with Crippen molar-refractivity contribution in [1.82, 2.24) is 10.2 Å². The van der Waals surface area contributed by atoms with Crippen LogP contribution in [0.4, 0.5) is 0 Å². The van der Waals surface area contributed by atoms with Crippen LogP contribution in [0.25, 0.3) is 0 Å². The predicted molar refractivity (Wildman–Crippen MR) is 76.4 cm³/mol. The molecule has 2 rings (SSSR count). The summed E-state index contributed by atoms with van der Waals surface area (Å²) in [5.74, 6) is 0.993. The average Bonchev–Trinajstić information content (AvgIpc) is 2.64. The van der Waals surface area contributed by atoms with Gasteiger partial charge in [-0.25, -0.2) is 0 Å². The van der Waals surface area contributed by atoms with Crippen LogP contribution in [0.3, 0.4) is 0 Å². The highest BCUT2D eigenvalue weighted by Crippen LogP contribution is 2.22. The molecule has 0 aromatic heterocycles. The van der Waals surface area contributed by atoms with E-state index >= 15 is 0 Å². The second-order valence-corrected chi connectivity index (χ2v) is 5.02. The fraction of sp³-hybridized carbons (Fsp3) is 0.600. The van der Waals surface area contributed by atoms with Gasteiger partial charge in [-0.05, 0) is 19.0 Å². The van der Waals surface area contributed by atoms with Crippen LogP contribution >= 0.6 is 0 Å². The fourth-order valence-corrected chi connectivity index (χ4v) is 2.38. The van der Waals surface area contributed by atoms with E-state index in [1.165, 1.54) is 5.56 Å². The number of fused-ring (bicyclic) bond motifs is 1. The molecule has 19 heavy (non-hydrogen) atoms. The molecule has 1 aromatic carbocycles. The van der Waals surface area contributed by atoms with Gasteiger partial charge in [0.25, 0.3) is 0 Å². The minimum Gasteiger partial charge on any atom is -0.492 e. The Labute approximate surface area is 115 Å². The van der Waals surface area contributed by atoms with Crippen LogP contribution < -0.4 is 10.1 Å². The Morgan fingerprint density at radius 3 is 3.05 bits per heavy atom. The van der Waals surface area contributed by atoms with Crippen molar-refractivity contribution in [1.29, 1.82) is 0 Å². The predicted octanol–water partition coefficient (Wildman–Crippen LogP) is 1.24. The number of rotatable bonds is 6. The number of hydrogen-bond acceptors (Lipinski definition) is 4. The number of para-hydroxylation sites is 1. The maximum atomic E-state index is 9.43. The number of benzene rings is 1. The number of aliphatic hydroxyl groups is 1. The van der Waals surface area contributed by atoms with Crippen molar-refractivity contribution in [3.05, 3.63) is 29.8 Å². The Balaban J connectivity index is 1.94. The zero-order valence-electron chi connectivity index (χ0n) is 11.6. The quantitative estimate of drug-likeness (QED) is 0.811. The van der Waals surface area contributed by atoms with E-state index < -0.39 is 0 Å². The average molecular weight is 264 g/mol. The molecule has 4 heteroatoms. The maximum absolute atomic E-state index is 9.43. The molecule has 1 atom stereocenters. The molecular formula is C15H24N2O2. The summed E-state index contributed by atoms with van der Waals surface area (Å²) in [6.07, 6.45) is 1.09. The van der Waals surface area contributed by atoms with Crippen LogP contribution in [0.2, 0.25) is 0 Å². The molecule has 1 heterocycles. The molecule has 1 unspecified atom stereocenters. The number of aliphatic hydroxyl groups excluding tert-OH is 1. The highest BCUT2D eigenvalue weighted by molar-refractivity contribution is 5.33. The van der Waals surface area contributed by atoms with Gasteiger partial charge >= 0.3 is 0 Å². The largest absolute Gasteiger partial charge is 0.492 e. The van der Waals surface area contributed by atoms with Gasteiger partial charge in [-0.2, -0.15) is 0 Å². The third kappa shape index (κ3) is 4.20. The van der Waals surface area contributed by atoms with Crippen LogP contribution in [0.15, 0.2) is 24.3 Å². The minimum atomic E-state index is 0.144. The van der Waals surface area contributed by atoms with Crippen molar-refractivity contribution < 1.29 is 9.84 Å². The van der Waals surface area contributed by atoms with Gasteiger partial charge in [0, 0.05) is 31.2 Å². The fourth-order valence-electron chi connectivity index (χ4n) is 2.38. The standard InChI is InChI=1S/C15H24N2O2/c1-2-7-16-14(12-18)11-17-8-9-19-15-6-4-3-5-13(15)10-17/h3-6,14,16,18H,2,7-12H2,1H3. The van der Waals surface area contributed by atoms with E-state index in [1.807, 2.05) is 18.2 Å². The number of hydrogen-bond donors (Lipinski definition) is 2. The van der Waals surface area contributed by atoms with Crippen molar-refractivity contribution in [2.24, 2.45) is 0 Å². The molecule has 1 aliphatic heterocycles. The summed E-state index contributed by atoms with van der Waals surface area (Å²) >= 11 is 0. The molecule has 106 valence electrons. The number of ether oxygens (including phenoxy) is 1. The van der Waals surface area contributed by atoms with Gasteiger partial charge in [0.15, 0.2) is 0 Å². The van der Waals surface area contributed by atoms with Gasteiger partial charge in [0.1, 0.15) is 12.4 Å². The first kappa shape index (κ1) is 14.3. The lowest BCUT2D eigenvalue weighted by Crippen LogP contribution is -2.44. The Morgan fingerprint density at radius 1 is 1.42 bits per heavy atom. The van der Waals surface area contributed by atoms with Crippen LogP contribution in [0, 0.1) is 0 Å². The Bertz CT molecular complexity index is 384. The first-order valence-corrected chi connectivity index (χ1v) is 7.10. The summed E-state index contributed by atoms with van der Waals surface area (Å²) in [5, 5.41) is 12.8. The van der Waals surface area contributed by atoms with E-state index in [2.05, 4.69) is 23.2 Å². The van der Waals surface area contributed by atoms with Gasteiger partial charge in [-0.1, -0.05) is 25.1 Å². The molecule has 0 fully saturated rings. The molecule has 0 spiro atoms. The molecular weight excluding hydrogens is 240 g/mol. The Hall–Kier alpha value is -1.10. The van der Waals surface area contributed by atoms with Gasteiger partial charge in [-0.3, -0.25) is 4.90 Å². The third-order valence-electron chi connectivity index (χ3n) is 3.41. The number of nitrogens with zero attached hydrogens (tertiary/aromatic N) is 1. The molecule has 2 N–H and O–H groups in total. The van der Waals surface area contributed by atoms with E-state index in [9.17, 15) is 5.11 Å². The van der Waals surface area contributed by atoms with Crippen molar-refractivity contribution >= 4 is 0 Å². The molecule has 4 nitrogen and oxygen atoms in total. The first-order valence-electron chi connectivity index (χ1n) is 7.10. The molecule has 1 aliphatic rings. The maximum Gasteiger partial charge on any atom is 0.123 e. The van der Waals surface area contributed by atoms with Crippen molar-refractivity contribution in [2.45, 2.75) is 25.9 Å². The van der Waals surface area contributed by atoms with Crippen molar-refractivity contribution in [3.8, 4) is 5.75 Å². The van der Waals surface area contributed by atoms with Gasteiger partial charge in [-0.15, -0.1) is 0 Å². The van der Waals surface area contributed by atoms with Gasteiger partial charge in [0.2, 0.25) is 0 Å². The summed E-state index contributed by atoms with van der Waals surface area (Å²) in [7, 11) is 0. The normalized spacial score (nSPS) is 17.4. The smallest absolute Gasteiger partial charge is 0.123 e. The summed E-state index contributed by atoms with van der Waals surface area (Å²) < 4.78 is 5.75. The lowest BCUT2D eigenvalue weighted by Gasteiger charge is -2.25. The SMILES string of the molecule is CCCNC(CO)CN1CCOc2ccccc2C1. The molecule has 1 aromatic rings. The third-order valence-corrected chi connectivity index (χ3v) is 3.41. The lowest BCUT2D eigenvalue weighted by atomic mass is 10.2. The first-order chi connectivity index (χ1) is 9.33. The summed E-state index contributed by atoms with van der Waals surface area (Å²) in [6, 6.07) is 8.34. The Kier molecular flexibility index (Phi) is 5.63. The second-order valence-electron chi connectivity index (χ2n) is 5.02. The van der Waals surface area contributed by atoms with E-state index in [4.69, 9.17) is 4.74 Å². The summed E-state index contributed by atoms with van der Waals surface area (Å²) in [5.41, 5.74) is 1.23. The topological polar surface area (TPSA) is 44.7 Å². The molecule has 0 aliphatic carbocycles. The minimum absolute atomic E-state index is 0.144. The summed E-state index contributed by atoms with van der Waals surface area (Å²) in [6.45, 7) is 6.62. The van der Waals surface area contributed by atoms with E-state index in [0.29, 0.717) is 6.61 Å². The lowest BCUT2D eigenvalue weighted by molar-refractivity contribution is 0.167. The molecule has 0 bridgehead atoms. The van der Waals surface area contributed by atoms with E-state index in [0.717, 1.165) is 38.3 Å². The van der Waals surface area contributed by atoms with Crippen LogP contribution in [0.5, 0.6) is 5.75 Å². The number of nitrogens with one attached hydrogen (secondary N) is 1. The van der Waals surface area contributed by atoms with E-state index in [-0.39, 0.29) is 12.6 Å².